The molecule has 112 valence electrons. The van der Waals surface area contributed by atoms with Crippen molar-refractivity contribution in [2.45, 2.75) is 39.0 Å². The maximum absolute atomic E-state index is 6.36. The SMILES string of the molecule is COc1cc(CN2CCC(N)C2)c(Cl)cc1OC(C)C. The van der Waals surface area contributed by atoms with Gasteiger partial charge in [-0.05, 0) is 31.9 Å². The number of halogens is 1. The van der Waals surface area contributed by atoms with Gasteiger partial charge in [0.1, 0.15) is 0 Å². The van der Waals surface area contributed by atoms with Crippen LogP contribution >= 0.6 is 11.6 Å². The van der Waals surface area contributed by atoms with Gasteiger partial charge in [0, 0.05) is 36.8 Å². The van der Waals surface area contributed by atoms with E-state index in [1.165, 1.54) is 0 Å². The normalized spacial score (nSPS) is 19.6. The molecule has 0 amide bonds. The summed E-state index contributed by atoms with van der Waals surface area (Å²) >= 11 is 6.36. The number of nitrogens with two attached hydrogens (primary N) is 1. The summed E-state index contributed by atoms with van der Waals surface area (Å²) in [7, 11) is 1.64. The Morgan fingerprint density at radius 1 is 1.40 bits per heavy atom. The molecule has 2 rings (SSSR count). The highest BCUT2D eigenvalue weighted by Gasteiger charge is 2.21. The van der Waals surface area contributed by atoms with Crippen molar-refractivity contribution in [1.29, 1.82) is 0 Å². The highest BCUT2D eigenvalue weighted by atomic mass is 35.5. The molecule has 5 heteroatoms. The van der Waals surface area contributed by atoms with Crippen LogP contribution in [-0.2, 0) is 6.54 Å². The third-order valence-electron chi connectivity index (χ3n) is 3.40. The van der Waals surface area contributed by atoms with Crippen LogP contribution in [0, 0.1) is 0 Å². The van der Waals surface area contributed by atoms with Crippen LogP contribution in [0.25, 0.3) is 0 Å². The summed E-state index contributed by atoms with van der Waals surface area (Å²) < 4.78 is 11.1. The van der Waals surface area contributed by atoms with Crippen LogP contribution in [0.2, 0.25) is 5.02 Å². The fourth-order valence-electron chi connectivity index (χ4n) is 2.45. The Morgan fingerprint density at radius 2 is 2.15 bits per heavy atom. The predicted molar refractivity (Wildman–Crippen MR) is 81.6 cm³/mol. The lowest BCUT2D eigenvalue weighted by atomic mass is 10.2. The first-order valence-corrected chi connectivity index (χ1v) is 7.38. The monoisotopic (exact) mass is 298 g/mol. The summed E-state index contributed by atoms with van der Waals surface area (Å²) in [5.74, 6) is 1.41. The molecular formula is C15H23ClN2O2. The van der Waals surface area contributed by atoms with E-state index in [9.17, 15) is 0 Å². The maximum Gasteiger partial charge on any atom is 0.163 e. The number of rotatable bonds is 5. The second kappa shape index (κ2) is 6.66. The Kier molecular flexibility index (Phi) is 5.13. The van der Waals surface area contributed by atoms with E-state index in [4.69, 9.17) is 26.8 Å². The molecule has 1 heterocycles. The van der Waals surface area contributed by atoms with Gasteiger partial charge in [-0.3, -0.25) is 4.90 Å². The van der Waals surface area contributed by atoms with Gasteiger partial charge in [-0.1, -0.05) is 11.6 Å². The van der Waals surface area contributed by atoms with Crippen molar-refractivity contribution in [2.24, 2.45) is 5.73 Å². The van der Waals surface area contributed by atoms with Crippen molar-refractivity contribution in [2.75, 3.05) is 20.2 Å². The zero-order valence-electron chi connectivity index (χ0n) is 12.4. The van der Waals surface area contributed by atoms with Gasteiger partial charge < -0.3 is 15.2 Å². The van der Waals surface area contributed by atoms with Crippen molar-refractivity contribution < 1.29 is 9.47 Å². The standard InChI is InChI=1S/C15H23ClN2O2/c1-10(2)20-15-7-13(16)11(6-14(15)19-3)8-18-5-4-12(17)9-18/h6-7,10,12H,4-5,8-9,17H2,1-3H3. The lowest BCUT2D eigenvalue weighted by Crippen LogP contribution is -2.26. The van der Waals surface area contributed by atoms with Gasteiger partial charge in [0.15, 0.2) is 11.5 Å². The average Bonchev–Trinajstić information content (AvgIpc) is 2.77. The molecule has 20 heavy (non-hydrogen) atoms. The van der Waals surface area contributed by atoms with Gasteiger partial charge in [0.05, 0.1) is 13.2 Å². The Hall–Kier alpha value is -0.970. The first kappa shape index (κ1) is 15.4. The zero-order chi connectivity index (χ0) is 14.7. The Balaban J connectivity index is 2.17. The molecule has 1 aromatic rings. The van der Waals surface area contributed by atoms with Crippen LogP contribution in [0.1, 0.15) is 25.8 Å². The Morgan fingerprint density at radius 3 is 2.70 bits per heavy atom. The molecular weight excluding hydrogens is 276 g/mol. The minimum atomic E-state index is 0.0856. The smallest absolute Gasteiger partial charge is 0.163 e. The summed E-state index contributed by atoms with van der Waals surface area (Å²) in [5.41, 5.74) is 6.98. The molecule has 1 saturated heterocycles. The van der Waals surface area contributed by atoms with E-state index in [1.807, 2.05) is 26.0 Å². The van der Waals surface area contributed by atoms with E-state index in [2.05, 4.69) is 4.90 Å². The zero-order valence-corrected chi connectivity index (χ0v) is 13.1. The number of methoxy groups -OCH3 is 1. The summed E-state index contributed by atoms with van der Waals surface area (Å²) in [6.45, 7) is 6.69. The highest BCUT2D eigenvalue weighted by molar-refractivity contribution is 6.31. The van der Waals surface area contributed by atoms with Crippen LogP contribution in [0.4, 0.5) is 0 Å². The first-order chi connectivity index (χ1) is 9.49. The lowest BCUT2D eigenvalue weighted by Gasteiger charge is -2.19. The summed E-state index contributed by atoms with van der Waals surface area (Å²) in [6.07, 6.45) is 1.13. The van der Waals surface area contributed by atoms with Gasteiger partial charge in [-0.15, -0.1) is 0 Å². The fraction of sp³-hybridized carbons (Fsp3) is 0.600. The second-order valence-corrected chi connectivity index (χ2v) is 5.95. The third-order valence-corrected chi connectivity index (χ3v) is 3.75. The van der Waals surface area contributed by atoms with Crippen LogP contribution in [0.5, 0.6) is 11.5 Å². The predicted octanol–water partition coefficient (Wildman–Crippen LogP) is 2.67. The Labute approximate surface area is 125 Å². The van der Waals surface area contributed by atoms with E-state index in [1.54, 1.807) is 7.11 Å². The van der Waals surface area contributed by atoms with Crippen molar-refractivity contribution in [3.05, 3.63) is 22.7 Å². The van der Waals surface area contributed by atoms with E-state index < -0.39 is 0 Å². The molecule has 4 nitrogen and oxygen atoms in total. The van der Waals surface area contributed by atoms with Gasteiger partial charge in [0.25, 0.3) is 0 Å². The van der Waals surface area contributed by atoms with Gasteiger partial charge in [0.2, 0.25) is 0 Å². The quantitative estimate of drug-likeness (QED) is 0.908. The van der Waals surface area contributed by atoms with Crippen LogP contribution in [0.15, 0.2) is 12.1 Å². The maximum atomic E-state index is 6.36. The molecule has 2 N–H and O–H groups in total. The molecule has 0 saturated carbocycles. The van der Waals surface area contributed by atoms with Crippen molar-refractivity contribution in [3.8, 4) is 11.5 Å². The molecule has 1 atom stereocenters. The summed E-state index contributed by atoms with van der Waals surface area (Å²) in [6, 6.07) is 4.08. The molecule has 0 spiro atoms. The van der Waals surface area contributed by atoms with Crippen molar-refractivity contribution in [3.63, 3.8) is 0 Å². The Bertz CT molecular complexity index is 465. The van der Waals surface area contributed by atoms with Crippen LogP contribution in [-0.4, -0.2) is 37.2 Å². The minimum Gasteiger partial charge on any atom is -0.493 e. The number of likely N-dealkylation sites (tertiary alicyclic amines) is 1. The van der Waals surface area contributed by atoms with Gasteiger partial charge >= 0.3 is 0 Å². The summed E-state index contributed by atoms with van der Waals surface area (Å²) in [5, 5.41) is 0.710. The molecule has 0 aromatic heterocycles. The first-order valence-electron chi connectivity index (χ1n) is 7.00. The molecule has 1 aliphatic rings. The van der Waals surface area contributed by atoms with Crippen LogP contribution < -0.4 is 15.2 Å². The van der Waals surface area contributed by atoms with Crippen molar-refractivity contribution >= 4 is 11.6 Å². The molecule has 1 aliphatic heterocycles. The third kappa shape index (κ3) is 3.78. The molecule has 1 fully saturated rings. The van der Waals surface area contributed by atoms with Gasteiger partial charge in [-0.25, -0.2) is 0 Å². The summed E-state index contributed by atoms with van der Waals surface area (Å²) in [4.78, 5) is 2.31. The fourth-order valence-corrected chi connectivity index (χ4v) is 2.66. The molecule has 0 radical (unpaired) electrons. The molecule has 1 aromatic carbocycles. The van der Waals surface area contributed by atoms with E-state index in [0.29, 0.717) is 10.8 Å². The number of hydrogen-bond donors (Lipinski definition) is 1. The van der Waals surface area contributed by atoms with E-state index >= 15 is 0 Å². The highest BCUT2D eigenvalue weighted by Crippen LogP contribution is 2.34. The molecule has 1 unspecified atom stereocenters. The van der Waals surface area contributed by atoms with Crippen LogP contribution in [0.3, 0.4) is 0 Å². The number of nitrogens with zero attached hydrogens (tertiary/aromatic N) is 1. The number of ether oxygens (including phenoxy) is 2. The number of hydrogen-bond acceptors (Lipinski definition) is 4. The average molecular weight is 299 g/mol. The molecule has 0 aliphatic carbocycles. The van der Waals surface area contributed by atoms with Crippen molar-refractivity contribution in [1.82, 2.24) is 4.90 Å². The minimum absolute atomic E-state index is 0.0856. The van der Waals surface area contributed by atoms with E-state index in [-0.39, 0.29) is 12.1 Å². The topological polar surface area (TPSA) is 47.7 Å². The second-order valence-electron chi connectivity index (χ2n) is 5.54. The lowest BCUT2D eigenvalue weighted by molar-refractivity contribution is 0.229. The van der Waals surface area contributed by atoms with Gasteiger partial charge in [-0.2, -0.15) is 0 Å². The number of benzene rings is 1. The molecule has 0 bridgehead atoms. The van der Waals surface area contributed by atoms with E-state index in [0.717, 1.165) is 37.4 Å². The largest absolute Gasteiger partial charge is 0.493 e.